The van der Waals surface area contributed by atoms with Crippen LogP contribution in [0.4, 0.5) is 0 Å². The second-order valence-electron chi connectivity index (χ2n) is 17.3. The number of benzene rings is 6. The van der Waals surface area contributed by atoms with Crippen molar-refractivity contribution in [3.05, 3.63) is 179 Å². The average Bonchev–Trinajstić information content (AvgIpc) is 3.93. The number of rotatable bonds is 13. The maximum absolute atomic E-state index is 12.4. The van der Waals surface area contributed by atoms with Crippen LogP contribution in [-0.2, 0) is 4.74 Å². The molecule has 12 heteroatoms. The van der Waals surface area contributed by atoms with E-state index in [2.05, 4.69) is 82.3 Å². The van der Waals surface area contributed by atoms with Gasteiger partial charge in [0.05, 0.1) is 35.2 Å². The van der Waals surface area contributed by atoms with E-state index in [1.54, 1.807) is 28.9 Å². The van der Waals surface area contributed by atoms with Gasteiger partial charge >= 0.3 is 5.97 Å². The fraction of sp³-hybridized carbons (Fsp3) is 0.246. The van der Waals surface area contributed by atoms with E-state index in [0.717, 1.165) is 62.0 Å². The Hall–Kier alpha value is -7.01. The van der Waals surface area contributed by atoms with Crippen LogP contribution in [0.15, 0.2) is 146 Å². The van der Waals surface area contributed by atoms with E-state index in [1.165, 1.54) is 16.7 Å². The first-order chi connectivity index (χ1) is 33.1. The zero-order valence-corrected chi connectivity index (χ0v) is 42.5. The van der Waals surface area contributed by atoms with Gasteiger partial charge in [-0.25, -0.2) is 14.2 Å². The molecule has 8 rings (SSSR count). The third kappa shape index (κ3) is 14.3. The topological polar surface area (TPSA) is 98.9 Å². The Morgan fingerprint density at radius 3 is 1.23 bits per heavy atom. The third-order valence-corrected chi connectivity index (χ3v) is 10.3. The molecule has 0 aliphatic carbocycles. The van der Waals surface area contributed by atoms with E-state index in [9.17, 15) is 4.79 Å². The Morgan fingerprint density at radius 2 is 0.870 bits per heavy atom. The second-order valence-corrected chi connectivity index (χ2v) is 18.1. The molecule has 2 aromatic heterocycles. The van der Waals surface area contributed by atoms with Gasteiger partial charge in [-0.2, -0.15) is 0 Å². The summed E-state index contributed by atoms with van der Waals surface area (Å²) >= 11 is 9.53. The lowest BCUT2D eigenvalue weighted by atomic mass is 10.1. The van der Waals surface area contributed by atoms with Gasteiger partial charge in [-0.1, -0.05) is 89.5 Å². The SMILES string of the molecule is CCOc1ccc(C)cc1-n1cc(-c2ccc(C)cc2)c(Oc2ccc(C(=O)OC(C)(C)C)cc2)n1.CCOc1ccc(C)cc1-n1cc(-c2ccc(C)cc2)c(Oc2ccc(C)cc2)n1.ClCCl. The Kier molecular flexibility index (Phi) is 17.7. The number of hydrogen-bond donors (Lipinski definition) is 0. The van der Waals surface area contributed by atoms with Crippen LogP contribution >= 0.6 is 23.2 Å². The highest BCUT2D eigenvalue weighted by Gasteiger charge is 2.21. The van der Waals surface area contributed by atoms with Crippen molar-refractivity contribution in [2.24, 2.45) is 0 Å². The minimum absolute atomic E-state index is 0.194. The van der Waals surface area contributed by atoms with Crippen molar-refractivity contribution in [1.82, 2.24) is 19.6 Å². The zero-order chi connectivity index (χ0) is 49.7. The summed E-state index contributed by atoms with van der Waals surface area (Å²) < 4.78 is 33.2. The number of alkyl halides is 2. The van der Waals surface area contributed by atoms with Crippen LogP contribution in [0.3, 0.4) is 0 Å². The largest absolute Gasteiger partial charge is 0.492 e. The fourth-order valence-corrected chi connectivity index (χ4v) is 6.97. The van der Waals surface area contributed by atoms with Crippen LogP contribution in [-0.4, -0.2) is 49.7 Å². The normalized spacial score (nSPS) is 10.8. The molecule has 8 aromatic rings. The number of nitrogens with zero attached hydrogens (tertiary/aromatic N) is 4. The summed E-state index contributed by atoms with van der Waals surface area (Å²) in [7, 11) is 0. The minimum Gasteiger partial charge on any atom is -0.492 e. The molecule has 0 saturated carbocycles. The van der Waals surface area contributed by atoms with E-state index in [0.29, 0.717) is 36.3 Å². The van der Waals surface area contributed by atoms with E-state index >= 15 is 0 Å². The van der Waals surface area contributed by atoms with Gasteiger partial charge in [-0.05, 0) is 152 Å². The van der Waals surface area contributed by atoms with Crippen LogP contribution in [0.2, 0.25) is 0 Å². The van der Waals surface area contributed by atoms with Gasteiger partial charge in [0.15, 0.2) is 0 Å². The first kappa shape index (κ1) is 51.4. The van der Waals surface area contributed by atoms with Crippen molar-refractivity contribution in [3.8, 4) is 68.4 Å². The summed E-state index contributed by atoms with van der Waals surface area (Å²) in [5.74, 6) is 3.50. The standard InChI is InChI=1S/C30H32N2O4.C26H26N2O2.CH2Cl2/c1-7-34-27-17-10-21(3)18-26(27)32-19-25(22-11-8-20(2)9-12-22)28(31-32)35-24-15-13-23(14-16-24)29(33)36-30(4,5)6;1-5-29-25-15-10-20(4)16-24(25)28-17-23(21-11-6-18(2)7-12-21)26(27-28)30-22-13-8-19(3)9-14-22;2-1-3/h8-19H,7H2,1-6H3;6-17H,5H2,1-4H3;1H2. The number of carbonyl (C=O) groups excluding carboxylic acids is 1. The Balaban J connectivity index is 0.000000218. The Labute approximate surface area is 416 Å². The summed E-state index contributed by atoms with van der Waals surface area (Å²) in [5, 5.41) is 9.78. The van der Waals surface area contributed by atoms with Gasteiger partial charge < -0.3 is 23.7 Å². The number of carbonyl (C=O) groups is 1. The molecule has 0 fully saturated rings. The summed E-state index contributed by atoms with van der Waals surface area (Å²) in [6.45, 7) is 20.9. The summed E-state index contributed by atoms with van der Waals surface area (Å²) in [5.41, 5.74) is 11.3. The molecule has 0 spiro atoms. The van der Waals surface area contributed by atoms with Crippen LogP contribution < -0.4 is 18.9 Å². The molecule has 0 radical (unpaired) electrons. The maximum atomic E-state index is 12.4. The maximum Gasteiger partial charge on any atom is 0.338 e. The molecular weight excluding hydrogens is 908 g/mol. The lowest BCUT2D eigenvalue weighted by molar-refractivity contribution is 0.00694. The molecule has 0 atom stereocenters. The van der Waals surface area contributed by atoms with Crippen molar-refractivity contribution in [3.63, 3.8) is 0 Å². The highest BCUT2D eigenvalue weighted by atomic mass is 35.5. The number of ether oxygens (including phenoxy) is 5. The van der Waals surface area contributed by atoms with Crippen molar-refractivity contribution < 1.29 is 28.5 Å². The molecule has 0 saturated heterocycles. The van der Waals surface area contributed by atoms with Crippen LogP contribution in [0.5, 0.6) is 34.8 Å². The van der Waals surface area contributed by atoms with E-state index in [1.807, 2.05) is 113 Å². The number of aromatic nitrogens is 4. The molecule has 0 bridgehead atoms. The van der Waals surface area contributed by atoms with Gasteiger partial charge in [-0.3, -0.25) is 0 Å². The minimum atomic E-state index is -0.557. The molecular formula is C57H60Cl2N4O6. The van der Waals surface area contributed by atoms with Gasteiger partial charge in [0.25, 0.3) is 0 Å². The van der Waals surface area contributed by atoms with Gasteiger partial charge in [0.1, 0.15) is 40.0 Å². The molecule has 0 aliphatic heterocycles. The van der Waals surface area contributed by atoms with Gasteiger partial charge in [0.2, 0.25) is 11.8 Å². The molecule has 358 valence electrons. The van der Waals surface area contributed by atoms with Gasteiger partial charge in [-0.15, -0.1) is 33.4 Å². The lowest BCUT2D eigenvalue weighted by Gasteiger charge is -2.19. The Bertz CT molecular complexity index is 2920. The molecule has 0 amide bonds. The molecule has 2 heterocycles. The van der Waals surface area contributed by atoms with Gasteiger partial charge in [0, 0.05) is 12.4 Å². The fourth-order valence-electron chi connectivity index (χ4n) is 6.97. The van der Waals surface area contributed by atoms with E-state index < -0.39 is 5.60 Å². The first-order valence-electron chi connectivity index (χ1n) is 22.8. The van der Waals surface area contributed by atoms with E-state index in [-0.39, 0.29) is 11.3 Å². The Morgan fingerprint density at radius 1 is 0.522 bits per heavy atom. The lowest BCUT2D eigenvalue weighted by Crippen LogP contribution is -2.23. The zero-order valence-electron chi connectivity index (χ0n) is 41.0. The smallest absolute Gasteiger partial charge is 0.338 e. The summed E-state index contributed by atoms with van der Waals surface area (Å²) in [4.78, 5) is 12.4. The number of aryl methyl sites for hydroxylation is 5. The summed E-state index contributed by atoms with van der Waals surface area (Å²) in [6.07, 6.45) is 3.96. The molecule has 0 unspecified atom stereocenters. The van der Waals surface area contributed by atoms with Crippen molar-refractivity contribution in [2.45, 2.75) is 74.8 Å². The third-order valence-electron chi connectivity index (χ3n) is 10.3. The molecule has 0 N–H and O–H groups in total. The number of esters is 1. The van der Waals surface area contributed by atoms with Crippen molar-refractivity contribution >= 4 is 29.2 Å². The van der Waals surface area contributed by atoms with Crippen molar-refractivity contribution in [2.75, 3.05) is 18.6 Å². The monoisotopic (exact) mass is 966 g/mol. The quantitative estimate of drug-likeness (QED) is 0.0832. The highest BCUT2D eigenvalue weighted by Crippen LogP contribution is 2.37. The predicted molar refractivity (Wildman–Crippen MR) is 279 cm³/mol. The second kappa shape index (κ2) is 23.8. The summed E-state index contributed by atoms with van der Waals surface area (Å²) in [6, 6.07) is 43.6. The van der Waals surface area contributed by atoms with Crippen molar-refractivity contribution in [1.29, 1.82) is 0 Å². The molecule has 69 heavy (non-hydrogen) atoms. The molecule has 10 nitrogen and oxygen atoms in total. The van der Waals surface area contributed by atoms with E-state index in [4.69, 9.17) is 57.1 Å². The highest BCUT2D eigenvalue weighted by molar-refractivity contribution is 6.40. The van der Waals surface area contributed by atoms with Crippen LogP contribution in [0, 0.1) is 34.6 Å². The number of hydrogen-bond acceptors (Lipinski definition) is 8. The molecule has 0 aliphatic rings. The molecule has 6 aromatic carbocycles. The van der Waals surface area contributed by atoms with Crippen LogP contribution in [0.25, 0.3) is 33.6 Å². The predicted octanol–water partition coefficient (Wildman–Crippen LogP) is 15.4. The first-order valence-corrected chi connectivity index (χ1v) is 23.8. The van der Waals surface area contributed by atoms with Crippen LogP contribution in [0.1, 0.15) is 72.8 Å². The average molecular weight is 968 g/mol. The number of halogens is 2.